The lowest BCUT2D eigenvalue weighted by molar-refractivity contribution is 0.0611. The number of methoxy groups -OCH3 is 1. The Morgan fingerprint density at radius 2 is 2.03 bits per heavy atom. The van der Waals surface area contributed by atoms with Crippen LogP contribution in [0.4, 0.5) is 10.6 Å². The summed E-state index contributed by atoms with van der Waals surface area (Å²) in [5.74, 6) is 6.78. The highest BCUT2D eigenvalue weighted by atomic mass is 16.5. The molecule has 2 aliphatic heterocycles. The number of H-pyrrole nitrogens is 1. The highest BCUT2D eigenvalue weighted by Crippen LogP contribution is 2.29. The van der Waals surface area contributed by atoms with Gasteiger partial charge in [0, 0.05) is 23.7 Å². The minimum Gasteiger partial charge on any atom is -0.497 e. The summed E-state index contributed by atoms with van der Waals surface area (Å²) in [5, 5.41) is 22.6. The summed E-state index contributed by atoms with van der Waals surface area (Å²) in [6, 6.07) is 13.8. The number of aromatic nitrogens is 2. The van der Waals surface area contributed by atoms with Crippen molar-refractivity contribution in [3.8, 4) is 28.8 Å². The largest absolute Gasteiger partial charge is 0.497 e. The summed E-state index contributed by atoms with van der Waals surface area (Å²) in [4.78, 5) is 26.6. The van der Waals surface area contributed by atoms with Crippen LogP contribution in [-0.2, 0) is 6.54 Å². The number of nitrogens with zero attached hydrogens (tertiary/aromatic N) is 2. The molecule has 3 heterocycles. The zero-order valence-electron chi connectivity index (χ0n) is 18.3. The Kier molecular flexibility index (Phi) is 5.11. The van der Waals surface area contributed by atoms with Crippen molar-refractivity contribution in [3.63, 3.8) is 0 Å². The third-order valence-corrected chi connectivity index (χ3v) is 5.93. The molecule has 1 fully saturated rings. The van der Waals surface area contributed by atoms with E-state index in [0.717, 1.165) is 16.8 Å². The number of benzene rings is 2. The van der Waals surface area contributed by atoms with Crippen LogP contribution in [0.25, 0.3) is 11.3 Å². The van der Waals surface area contributed by atoms with Crippen molar-refractivity contribution in [1.82, 2.24) is 25.7 Å². The first-order valence-corrected chi connectivity index (χ1v) is 10.5. The van der Waals surface area contributed by atoms with Gasteiger partial charge in [0.2, 0.25) is 0 Å². The van der Waals surface area contributed by atoms with Crippen LogP contribution in [-0.4, -0.2) is 57.6 Å². The SMILES string of the molecule is COc1ccc2c(c1)C(=O)N(C[C@@]1(C#Cc3ccc(-c4cc(N)n[nH]4)cc3)NC(=O)NC1O)C2. The molecule has 1 aromatic heterocycles. The first-order valence-electron chi connectivity index (χ1n) is 10.5. The highest BCUT2D eigenvalue weighted by Gasteiger charge is 2.48. The van der Waals surface area contributed by atoms with Gasteiger partial charge in [-0.2, -0.15) is 5.10 Å². The number of rotatable bonds is 4. The van der Waals surface area contributed by atoms with Crippen LogP contribution in [0, 0.1) is 11.8 Å². The lowest BCUT2D eigenvalue weighted by Gasteiger charge is -2.30. The van der Waals surface area contributed by atoms with Crippen LogP contribution in [0.3, 0.4) is 0 Å². The topological polar surface area (TPSA) is 146 Å². The first-order chi connectivity index (χ1) is 16.4. The molecule has 10 heteroatoms. The number of hydrogen-bond donors (Lipinski definition) is 5. The van der Waals surface area contributed by atoms with Gasteiger partial charge in [0.05, 0.1) is 19.3 Å². The molecular formula is C24H22N6O4. The van der Waals surface area contributed by atoms with Crippen molar-refractivity contribution in [2.75, 3.05) is 19.4 Å². The van der Waals surface area contributed by atoms with E-state index >= 15 is 0 Å². The number of ether oxygens (including phenoxy) is 1. The number of aromatic amines is 1. The summed E-state index contributed by atoms with van der Waals surface area (Å²) >= 11 is 0. The maximum absolute atomic E-state index is 13.0. The maximum atomic E-state index is 13.0. The molecule has 6 N–H and O–H groups in total. The Morgan fingerprint density at radius 3 is 2.68 bits per heavy atom. The van der Waals surface area contributed by atoms with E-state index in [-0.39, 0.29) is 12.5 Å². The van der Waals surface area contributed by atoms with Crippen molar-refractivity contribution in [2.24, 2.45) is 0 Å². The lowest BCUT2D eigenvalue weighted by Crippen LogP contribution is -2.56. The van der Waals surface area contributed by atoms with Gasteiger partial charge in [-0.3, -0.25) is 9.89 Å². The van der Waals surface area contributed by atoms with Crippen molar-refractivity contribution in [2.45, 2.75) is 18.3 Å². The molecule has 0 bridgehead atoms. The number of anilines is 1. The Labute approximate surface area is 195 Å². The Balaban J connectivity index is 1.40. The highest BCUT2D eigenvalue weighted by molar-refractivity contribution is 5.99. The van der Waals surface area contributed by atoms with E-state index in [1.54, 1.807) is 23.1 Å². The quantitative estimate of drug-likeness (QED) is 0.370. The van der Waals surface area contributed by atoms with Gasteiger partial charge in [-0.05, 0) is 35.4 Å². The standard InChI is InChI=1S/C24H22N6O4/c1-34-17-7-6-16-12-30(21(31)18(16)10-17)13-24(22(32)26-23(33)27-24)9-8-14-2-4-15(5-3-14)19-11-20(25)29-28-19/h2-7,10-11,22,32H,12-13H2,1H3,(H3,25,28,29)(H2,26,27,33)/t22?,24-/m1/s1. The third kappa shape index (κ3) is 3.78. The van der Waals surface area contributed by atoms with E-state index in [9.17, 15) is 14.7 Å². The molecule has 10 nitrogen and oxygen atoms in total. The normalized spacial score (nSPS) is 20.9. The van der Waals surface area contributed by atoms with Crippen LogP contribution in [0.2, 0.25) is 0 Å². The van der Waals surface area contributed by atoms with Crippen molar-refractivity contribution in [1.29, 1.82) is 0 Å². The number of fused-ring (bicyclic) bond motifs is 1. The van der Waals surface area contributed by atoms with Crippen LogP contribution >= 0.6 is 0 Å². The summed E-state index contributed by atoms with van der Waals surface area (Å²) < 4.78 is 5.22. The number of nitrogens with one attached hydrogen (secondary N) is 3. The smallest absolute Gasteiger partial charge is 0.318 e. The van der Waals surface area contributed by atoms with Gasteiger partial charge in [-0.25, -0.2) is 4.79 Å². The zero-order chi connectivity index (χ0) is 23.9. The molecule has 3 amide bonds. The summed E-state index contributed by atoms with van der Waals surface area (Å²) in [7, 11) is 1.54. The average molecular weight is 458 g/mol. The minimum absolute atomic E-state index is 0.00123. The zero-order valence-corrected chi connectivity index (χ0v) is 18.3. The first kappa shape index (κ1) is 21.4. The molecule has 3 aromatic rings. The van der Waals surface area contributed by atoms with Crippen LogP contribution in [0.5, 0.6) is 5.75 Å². The minimum atomic E-state index is -1.38. The average Bonchev–Trinajstić information content (AvgIpc) is 3.48. The Bertz CT molecular complexity index is 1340. The molecule has 2 aromatic carbocycles. The van der Waals surface area contributed by atoms with Gasteiger partial charge in [0.15, 0.2) is 11.8 Å². The maximum Gasteiger partial charge on any atom is 0.318 e. The van der Waals surface area contributed by atoms with Crippen LogP contribution in [0.15, 0.2) is 48.5 Å². The molecular weight excluding hydrogens is 436 g/mol. The fraction of sp³-hybridized carbons (Fsp3) is 0.208. The van der Waals surface area contributed by atoms with Crippen LogP contribution in [0.1, 0.15) is 21.5 Å². The second-order valence-corrected chi connectivity index (χ2v) is 8.19. The number of aliphatic hydroxyl groups is 1. The van der Waals surface area contributed by atoms with Crippen molar-refractivity contribution < 1.29 is 19.4 Å². The number of nitrogens with two attached hydrogens (primary N) is 1. The predicted octanol–water partition coefficient (Wildman–Crippen LogP) is 1.04. The van der Waals surface area contributed by atoms with E-state index in [4.69, 9.17) is 10.5 Å². The number of aliphatic hydroxyl groups excluding tert-OH is 1. The fourth-order valence-electron chi connectivity index (χ4n) is 4.12. The van der Waals surface area contributed by atoms with Gasteiger partial charge < -0.3 is 31.1 Å². The number of amides is 3. The molecule has 1 saturated heterocycles. The van der Waals surface area contributed by atoms with E-state index in [2.05, 4.69) is 32.7 Å². The third-order valence-electron chi connectivity index (χ3n) is 5.93. The number of carbonyl (C=O) groups excluding carboxylic acids is 2. The number of nitrogen functional groups attached to an aromatic ring is 1. The molecule has 0 radical (unpaired) electrons. The molecule has 0 aliphatic carbocycles. The Morgan fingerprint density at radius 1 is 1.24 bits per heavy atom. The molecule has 34 heavy (non-hydrogen) atoms. The van der Waals surface area contributed by atoms with E-state index in [0.29, 0.717) is 29.2 Å². The lowest BCUT2D eigenvalue weighted by atomic mass is 9.97. The van der Waals surface area contributed by atoms with Gasteiger partial charge >= 0.3 is 6.03 Å². The van der Waals surface area contributed by atoms with Gasteiger partial charge in [0.1, 0.15) is 11.6 Å². The summed E-state index contributed by atoms with van der Waals surface area (Å²) in [6.45, 7) is 0.341. The predicted molar refractivity (Wildman–Crippen MR) is 123 cm³/mol. The van der Waals surface area contributed by atoms with Crippen molar-refractivity contribution in [3.05, 3.63) is 65.2 Å². The number of urea groups is 1. The van der Waals surface area contributed by atoms with E-state index in [1.807, 2.05) is 30.3 Å². The molecule has 0 saturated carbocycles. The number of hydrogen-bond acceptors (Lipinski definition) is 6. The molecule has 1 unspecified atom stereocenters. The van der Waals surface area contributed by atoms with E-state index < -0.39 is 17.8 Å². The van der Waals surface area contributed by atoms with E-state index in [1.165, 1.54) is 7.11 Å². The second kappa shape index (κ2) is 8.13. The Hall–Kier alpha value is -4.49. The number of carbonyl (C=O) groups is 2. The molecule has 172 valence electrons. The molecule has 2 aliphatic rings. The van der Waals surface area contributed by atoms with Crippen molar-refractivity contribution >= 4 is 17.8 Å². The second-order valence-electron chi connectivity index (χ2n) is 8.19. The molecule has 2 atom stereocenters. The van der Waals surface area contributed by atoms with Gasteiger partial charge in [-0.15, -0.1) is 0 Å². The van der Waals surface area contributed by atoms with Gasteiger partial charge in [0.25, 0.3) is 5.91 Å². The monoisotopic (exact) mass is 458 g/mol. The van der Waals surface area contributed by atoms with Gasteiger partial charge in [-0.1, -0.05) is 30.0 Å². The molecule has 5 rings (SSSR count). The summed E-state index contributed by atoms with van der Waals surface area (Å²) in [5.41, 5.74) is 7.99. The summed E-state index contributed by atoms with van der Waals surface area (Å²) in [6.07, 6.45) is -1.30. The molecule has 0 spiro atoms. The fourth-order valence-corrected chi connectivity index (χ4v) is 4.12. The van der Waals surface area contributed by atoms with Crippen LogP contribution < -0.4 is 21.1 Å².